The summed E-state index contributed by atoms with van der Waals surface area (Å²) < 4.78 is 35.0. The van der Waals surface area contributed by atoms with E-state index in [-0.39, 0.29) is 10.5 Å². The van der Waals surface area contributed by atoms with E-state index in [0.717, 1.165) is 19.3 Å². The van der Waals surface area contributed by atoms with Crippen LogP contribution in [0.15, 0.2) is 50.5 Å². The molecule has 0 saturated carbocycles. The number of nitrogens with one attached hydrogen (secondary N) is 1. The highest BCUT2D eigenvalue weighted by atomic mass is 32.2. The summed E-state index contributed by atoms with van der Waals surface area (Å²) in [6.07, 6.45) is 3.20. The highest BCUT2D eigenvalue weighted by Gasteiger charge is 2.20. The van der Waals surface area contributed by atoms with Crippen molar-refractivity contribution in [2.45, 2.75) is 51.5 Å². The van der Waals surface area contributed by atoms with Gasteiger partial charge in [-0.25, -0.2) is 13.2 Å². The molecule has 3 aromatic rings. The number of sulfonamides is 1. The molecule has 7 heteroatoms. The monoisotopic (exact) mass is 388 g/mol. The maximum absolute atomic E-state index is 12.8. The molecule has 0 atom stereocenters. The number of hydrogen-bond donors (Lipinski definition) is 1. The van der Waals surface area contributed by atoms with Crippen molar-refractivity contribution in [1.29, 1.82) is 0 Å². The zero-order chi connectivity index (χ0) is 19.6. The Bertz CT molecular complexity index is 1110. The maximum atomic E-state index is 12.8. The third-order valence-corrected chi connectivity index (χ3v) is 6.12. The van der Waals surface area contributed by atoms with Crippen molar-refractivity contribution in [3.05, 3.63) is 58.1 Å². The van der Waals surface area contributed by atoms with E-state index < -0.39 is 15.8 Å². The number of aromatic nitrogens is 1. The van der Waals surface area contributed by atoms with Crippen molar-refractivity contribution in [3.8, 4) is 0 Å². The van der Waals surface area contributed by atoms with E-state index >= 15 is 0 Å². The molecule has 1 heterocycles. The third-order valence-electron chi connectivity index (χ3n) is 4.60. The van der Waals surface area contributed by atoms with Crippen LogP contribution in [0.25, 0.3) is 11.1 Å². The lowest BCUT2D eigenvalue weighted by Crippen LogP contribution is -2.14. The minimum atomic E-state index is -3.80. The molecule has 6 nitrogen and oxygen atoms in total. The number of hydrogen-bond acceptors (Lipinski definition) is 4. The Kier molecular flexibility index (Phi) is 5.41. The Morgan fingerprint density at radius 2 is 1.81 bits per heavy atom. The molecular weight excluding hydrogens is 364 g/mol. The molecule has 2 aromatic carbocycles. The molecule has 144 valence electrons. The number of benzene rings is 2. The van der Waals surface area contributed by atoms with Crippen LogP contribution < -0.4 is 10.5 Å². The highest BCUT2D eigenvalue weighted by Crippen LogP contribution is 2.25. The number of rotatable bonds is 7. The SMILES string of the molecule is CCCCc1ccc(NS(=O)(=O)c2cc3oc(=O)n(CC)c3cc2C)cc1. The molecule has 3 rings (SSSR count). The normalized spacial score (nSPS) is 11.8. The van der Waals surface area contributed by atoms with Gasteiger partial charge in [-0.15, -0.1) is 0 Å². The fraction of sp³-hybridized carbons (Fsp3) is 0.350. The lowest BCUT2D eigenvalue weighted by atomic mass is 10.1. The van der Waals surface area contributed by atoms with E-state index in [0.29, 0.717) is 23.3 Å². The number of oxazole rings is 1. The number of unbranched alkanes of at least 4 members (excludes halogenated alkanes) is 1. The predicted molar refractivity (Wildman–Crippen MR) is 107 cm³/mol. The second kappa shape index (κ2) is 7.60. The molecule has 0 saturated heterocycles. The van der Waals surface area contributed by atoms with E-state index in [4.69, 9.17) is 4.42 Å². The van der Waals surface area contributed by atoms with Crippen molar-refractivity contribution in [1.82, 2.24) is 4.57 Å². The fourth-order valence-corrected chi connectivity index (χ4v) is 4.42. The van der Waals surface area contributed by atoms with Crippen LogP contribution in [0.3, 0.4) is 0 Å². The quantitative estimate of drug-likeness (QED) is 0.662. The van der Waals surface area contributed by atoms with Crippen molar-refractivity contribution >= 4 is 26.8 Å². The van der Waals surface area contributed by atoms with Crippen LogP contribution in [0.2, 0.25) is 0 Å². The number of fused-ring (bicyclic) bond motifs is 1. The van der Waals surface area contributed by atoms with Crippen molar-refractivity contribution in [2.75, 3.05) is 4.72 Å². The first kappa shape index (κ1) is 19.2. The molecule has 0 bridgehead atoms. The van der Waals surface area contributed by atoms with Gasteiger partial charge < -0.3 is 4.42 Å². The van der Waals surface area contributed by atoms with E-state index in [1.165, 1.54) is 16.2 Å². The average Bonchev–Trinajstić information content (AvgIpc) is 2.94. The summed E-state index contributed by atoms with van der Waals surface area (Å²) in [4.78, 5) is 12.0. The standard InChI is InChI=1S/C20H24N2O4S/c1-4-6-7-15-8-10-16(11-9-15)21-27(24,25)19-13-18-17(12-14(19)3)22(5-2)20(23)26-18/h8-13,21H,4-7H2,1-3H3. The Balaban J connectivity index is 1.92. The fourth-order valence-electron chi connectivity index (χ4n) is 3.11. The summed E-state index contributed by atoms with van der Waals surface area (Å²) in [5.41, 5.74) is 3.10. The van der Waals surface area contributed by atoms with Gasteiger partial charge in [0, 0.05) is 18.3 Å². The van der Waals surface area contributed by atoms with Crippen LogP contribution in [0.1, 0.15) is 37.8 Å². The molecule has 27 heavy (non-hydrogen) atoms. The van der Waals surface area contributed by atoms with Gasteiger partial charge in [0.15, 0.2) is 5.58 Å². The van der Waals surface area contributed by atoms with E-state index in [2.05, 4.69) is 11.6 Å². The Labute approximate surface area is 158 Å². The Hall–Kier alpha value is -2.54. The first-order valence-corrected chi connectivity index (χ1v) is 10.6. The summed E-state index contributed by atoms with van der Waals surface area (Å²) >= 11 is 0. The molecule has 0 aliphatic rings. The van der Waals surface area contributed by atoms with E-state index in [9.17, 15) is 13.2 Å². The molecular formula is C20H24N2O4S. The van der Waals surface area contributed by atoms with Crippen molar-refractivity contribution in [3.63, 3.8) is 0 Å². The summed E-state index contributed by atoms with van der Waals surface area (Å²) in [6.45, 7) is 6.14. The van der Waals surface area contributed by atoms with Crippen LogP contribution in [0, 0.1) is 6.92 Å². The second-order valence-electron chi connectivity index (χ2n) is 6.60. The summed E-state index contributed by atoms with van der Waals surface area (Å²) in [7, 11) is -3.80. The Morgan fingerprint density at radius 3 is 2.44 bits per heavy atom. The van der Waals surface area contributed by atoms with E-state index in [1.54, 1.807) is 25.1 Å². The van der Waals surface area contributed by atoms with Gasteiger partial charge in [0.05, 0.1) is 10.4 Å². The van der Waals surface area contributed by atoms with Crippen molar-refractivity contribution < 1.29 is 12.8 Å². The first-order chi connectivity index (χ1) is 12.9. The summed E-state index contributed by atoms with van der Waals surface area (Å²) in [5, 5.41) is 0. The van der Waals surface area contributed by atoms with Gasteiger partial charge in [0.2, 0.25) is 0 Å². The van der Waals surface area contributed by atoms with Crippen LogP contribution in [0.5, 0.6) is 0 Å². The van der Waals surface area contributed by atoms with Crippen molar-refractivity contribution in [2.24, 2.45) is 0 Å². The molecule has 1 aromatic heterocycles. The van der Waals surface area contributed by atoms with Gasteiger partial charge in [-0.3, -0.25) is 9.29 Å². The Morgan fingerprint density at radius 1 is 1.11 bits per heavy atom. The first-order valence-electron chi connectivity index (χ1n) is 9.11. The summed E-state index contributed by atoms with van der Waals surface area (Å²) in [6, 6.07) is 10.5. The molecule has 0 spiro atoms. The third kappa shape index (κ3) is 3.93. The van der Waals surface area contributed by atoms with Gasteiger partial charge in [0.25, 0.3) is 10.0 Å². The van der Waals surface area contributed by atoms with Gasteiger partial charge >= 0.3 is 5.76 Å². The van der Waals surface area contributed by atoms with Crippen LogP contribution in [0.4, 0.5) is 5.69 Å². The molecule has 0 amide bonds. The predicted octanol–water partition coefficient (Wildman–Crippen LogP) is 4.07. The van der Waals surface area contributed by atoms with Gasteiger partial charge in [-0.05, 0) is 56.0 Å². The number of nitrogens with zero attached hydrogens (tertiary/aromatic N) is 1. The van der Waals surface area contributed by atoms with E-state index in [1.807, 2.05) is 19.1 Å². The minimum absolute atomic E-state index is 0.0991. The smallest absolute Gasteiger partial charge is 0.408 e. The molecule has 0 fully saturated rings. The maximum Gasteiger partial charge on any atom is 0.419 e. The number of aryl methyl sites for hydroxylation is 3. The van der Waals surface area contributed by atoms with Crippen LogP contribution in [-0.4, -0.2) is 13.0 Å². The summed E-state index contributed by atoms with van der Waals surface area (Å²) in [5.74, 6) is -0.489. The molecule has 0 radical (unpaired) electrons. The average molecular weight is 388 g/mol. The van der Waals surface area contributed by atoms with Gasteiger partial charge in [-0.1, -0.05) is 25.5 Å². The molecule has 0 aliphatic carbocycles. The molecule has 0 aliphatic heterocycles. The number of anilines is 1. The second-order valence-corrected chi connectivity index (χ2v) is 8.25. The van der Waals surface area contributed by atoms with Gasteiger partial charge in [0.1, 0.15) is 0 Å². The zero-order valence-corrected chi connectivity index (χ0v) is 16.6. The largest absolute Gasteiger partial charge is 0.419 e. The highest BCUT2D eigenvalue weighted by molar-refractivity contribution is 7.92. The molecule has 1 N–H and O–H groups in total. The van der Waals surface area contributed by atoms with Crippen LogP contribution >= 0.6 is 0 Å². The molecule has 0 unspecified atom stereocenters. The van der Waals surface area contributed by atoms with Crippen LogP contribution in [-0.2, 0) is 23.0 Å². The lowest BCUT2D eigenvalue weighted by Gasteiger charge is -2.11. The zero-order valence-electron chi connectivity index (χ0n) is 15.8. The topological polar surface area (TPSA) is 81.3 Å². The minimum Gasteiger partial charge on any atom is -0.408 e. The van der Waals surface area contributed by atoms with Gasteiger partial charge in [-0.2, -0.15) is 0 Å². The lowest BCUT2D eigenvalue weighted by molar-refractivity contribution is 0.512.